The lowest BCUT2D eigenvalue weighted by Gasteiger charge is -2.28. The number of amides is 1. The third-order valence-electron chi connectivity index (χ3n) is 5.67. The first kappa shape index (κ1) is 20.7. The molecule has 0 bridgehead atoms. The van der Waals surface area contributed by atoms with Crippen molar-refractivity contribution in [3.8, 4) is 22.5 Å². The van der Waals surface area contributed by atoms with E-state index < -0.39 is 0 Å². The van der Waals surface area contributed by atoms with Crippen LogP contribution in [-0.4, -0.2) is 21.9 Å². The van der Waals surface area contributed by atoms with Crippen LogP contribution in [-0.2, 0) is 0 Å². The minimum atomic E-state index is -0.0977. The van der Waals surface area contributed by atoms with Gasteiger partial charge in [-0.3, -0.25) is 4.79 Å². The van der Waals surface area contributed by atoms with Gasteiger partial charge in [0.2, 0.25) is 0 Å². The molecule has 1 aromatic heterocycles. The molecule has 0 fully saturated rings. The fourth-order valence-corrected chi connectivity index (χ4v) is 3.29. The molecule has 0 aliphatic carbocycles. The molecule has 0 saturated carbocycles. The molecule has 4 nitrogen and oxygen atoms in total. The summed E-state index contributed by atoms with van der Waals surface area (Å²) in [7, 11) is 0. The Morgan fingerprint density at radius 3 is 1.81 bits per heavy atom. The summed E-state index contributed by atoms with van der Waals surface area (Å²) in [5.74, 6) is -0.0977. The van der Waals surface area contributed by atoms with Crippen molar-refractivity contribution in [3.05, 3.63) is 84.4 Å². The summed E-state index contributed by atoms with van der Waals surface area (Å²) in [6, 6.07) is 25.7. The number of carbonyl (C=O) groups is 1. The maximum absolute atomic E-state index is 12.8. The van der Waals surface area contributed by atoms with Gasteiger partial charge in [-0.15, -0.1) is 0 Å². The number of nitrogens with zero attached hydrogens (tertiary/aromatic N) is 2. The Bertz CT molecular complexity index is 1210. The number of aromatic nitrogens is 2. The second-order valence-corrected chi connectivity index (χ2v) is 8.92. The number of nitrogens with one attached hydrogen (secondary N) is 1. The minimum absolute atomic E-state index is 0.0165. The Kier molecular flexibility index (Phi) is 5.55. The van der Waals surface area contributed by atoms with Crippen LogP contribution in [0.5, 0.6) is 0 Å². The normalized spacial score (nSPS) is 12.5. The lowest BCUT2D eigenvalue weighted by atomic mass is 9.88. The van der Waals surface area contributed by atoms with Crippen molar-refractivity contribution in [2.75, 3.05) is 0 Å². The van der Waals surface area contributed by atoms with Gasteiger partial charge in [-0.2, -0.15) is 0 Å². The topological polar surface area (TPSA) is 54.9 Å². The fourth-order valence-electron chi connectivity index (χ4n) is 3.29. The summed E-state index contributed by atoms with van der Waals surface area (Å²) in [6.07, 6.45) is 0. The van der Waals surface area contributed by atoms with E-state index in [4.69, 9.17) is 9.97 Å². The highest BCUT2D eigenvalue weighted by molar-refractivity contribution is 5.98. The van der Waals surface area contributed by atoms with E-state index >= 15 is 0 Å². The molecule has 0 unspecified atom stereocenters. The van der Waals surface area contributed by atoms with Crippen molar-refractivity contribution < 1.29 is 4.79 Å². The molecule has 0 radical (unpaired) electrons. The van der Waals surface area contributed by atoms with Crippen LogP contribution in [0, 0.1) is 5.41 Å². The van der Waals surface area contributed by atoms with Crippen molar-refractivity contribution in [1.29, 1.82) is 0 Å². The molecule has 4 rings (SSSR count). The van der Waals surface area contributed by atoms with E-state index in [1.165, 1.54) is 0 Å². The van der Waals surface area contributed by atoms with E-state index in [9.17, 15) is 4.79 Å². The third-order valence-corrected chi connectivity index (χ3v) is 5.67. The van der Waals surface area contributed by atoms with Gasteiger partial charge in [-0.05, 0) is 30.5 Å². The highest BCUT2D eigenvalue weighted by atomic mass is 16.1. The molecular formula is C27H27N3O. The molecule has 3 aromatic carbocycles. The summed E-state index contributed by atoms with van der Waals surface area (Å²) in [4.78, 5) is 22.7. The summed E-state index contributed by atoms with van der Waals surface area (Å²) in [5.41, 5.74) is 5.68. The van der Waals surface area contributed by atoms with Gasteiger partial charge in [0, 0.05) is 22.7 Å². The van der Waals surface area contributed by atoms with E-state index in [1.807, 2.05) is 85.8 Å². The quantitative estimate of drug-likeness (QED) is 0.441. The van der Waals surface area contributed by atoms with Gasteiger partial charge < -0.3 is 5.32 Å². The van der Waals surface area contributed by atoms with Crippen molar-refractivity contribution in [2.45, 2.75) is 33.7 Å². The molecule has 1 atom stereocenters. The van der Waals surface area contributed by atoms with Gasteiger partial charge in [0.25, 0.3) is 5.91 Å². The molecule has 0 aliphatic rings. The monoisotopic (exact) mass is 409 g/mol. The molecule has 4 heteroatoms. The minimum Gasteiger partial charge on any atom is -0.349 e. The average molecular weight is 410 g/mol. The molecule has 1 amide bonds. The third kappa shape index (κ3) is 4.48. The first-order valence-corrected chi connectivity index (χ1v) is 10.6. The molecular weight excluding hydrogens is 382 g/mol. The van der Waals surface area contributed by atoms with Crippen LogP contribution in [0.1, 0.15) is 38.1 Å². The average Bonchev–Trinajstić information content (AvgIpc) is 2.78. The molecule has 0 spiro atoms. The molecule has 156 valence electrons. The number of fused-ring (bicyclic) bond motifs is 1. The Labute approximate surface area is 183 Å². The zero-order valence-electron chi connectivity index (χ0n) is 18.4. The summed E-state index contributed by atoms with van der Waals surface area (Å²) >= 11 is 0. The predicted octanol–water partition coefficient (Wildman–Crippen LogP) is 6.13. The van der Waals surface area contributed by atoms with E-state index in [0.29, 0.717) is 11.1 Å². The second kappa shape index (κ2) is 8.31. The van der Waals surface area contributed by atoms with Gasteiger partial charge in [0.1, 0.15) is 0 Å². The van der Waals surface area contributed by atoms with Crippen LogP contribution >= 0.6 is 0 Å². The zero-order chi connectivity index (χ0) is 22.0. The van der Waals surface area contributed by atoms with Crippen LogP contribution in [0.25, 0.3) is 33.5 Å². The molecule has 0 aliphatic heterocycles. The van der Waals surface area contributed by atoms with Gasteiger partial charge in [-0.1, -0.05) is 81.4 Å². The van der Waals surface area contributed by atoms with E-state index in [0.717, 1.165) is 28.0 Å². The van der Waals surface area contributed by atoms with Crippen LogP contribution in [0.15, 0.2) is 78.9 Å². The lowest BCUT2D eigenvalue weighted by Crippen LogP contribution is -2.41. The molecule has 4 aromatic rings. The summed E-state index contributed by atoms with van der Waals surface area (Å²) < 4.78 is 0. The van der Waals surface area contributed by atoms with Gasteiger partial charge in [-0.25, -0.2) is 9.97 Å². The highest BCUT2D eigenvalue weighted by Crippen LogP contribution is 2.31. The number of carbonyl (C=O) groups excluding carboxylic acids is 1. The van der Waals surface area contributed by atoms with Crippen LogP contribution in [0.3, 0.4) is 0 Å². The molecule has 1 heterocycles. The lowest BCUT2D eigenvalue weighted by molar-refractivity contribution is 0.0910. The Hall–Kier alpha value is -3.53. The van der Waals surface area contributed by atoms with Crippen molar-refractivity contribution in [3.63, 3.8) is 0 Å². The maximum Gasteiger partial charge on any atom is 0.251 e. The second-order valence-electron chi connectivity index (χ2n) is 8.92. The summed E-state index contributed by atoms with van der Waals surface area (Å²) in [5, 5.41) is 3.10. The number of hydrogen-bond donors (Lipinski definition) is 1. The Balaban J connectivity index is 1.81. The zero-order valence-corrected chi connectivity index (χ0v) is 18.4. The first-order chi connectivity index (χ1) is 14.8. The predicted molar refractivity (Wildman–Crippen MR) is 127 cm³/mol. The maximum atomic E-state index is 12.8. The van der Waals surface area contributed by atoms with E-state index in [2.05, 4.69) is 26.1 Å². The van der Waals surface area contributed by atoms with Crippen LogP contribution in [0.4, 0.5) is 0 Å². The number of benzene rings is 3. The number of rotatable bonds is 4. The van der Waals surface area contributed by atoms with Crippen LogP contribution < -0.4 is 5.32 Å². The SMILES string of the molecule is C[C@@H](NC(=O)c1ccc2nc(-c3ccccc3)c(-c3ccccc3)nc2c1)C(C)(C)C. The highest BCUT2D eigenvalue weighted by Gasteiger charge is 2.22. The van der Waals surface area contributed by atoms with Crippen molar-refractivity contribution >= 4 is 16.9 Å². The van der Waals surface area contributed by atoms with Gasteiger partial charge in [0.15, 0.2) is 0 Å². The standard InChI is InChI=1S/C27H27N3O/c1-18(27(2,3)4)28-26(31)21-15-16-22-23(17-21)30-25(20-13-9-6-10-14-20)24(29-22)19-11-7-5-8-12-19/h5-18H,1-4H3,(H,28,31)/t18-/m1/s1. The van der Waals surface area contributed by atoms with E-state index in [-0.39, 0.29) is 17.4 Å². The van der Waals surface area contributed by atoms with Crippen LogP contribution in [0.2, 0.25) is 0 Å². The smallest absolute Gasteiger partial charge is 0.251 e. The molecule has 0 saturated heterocycles. The Morgan fingerprint density at radius 1 is 0.774 bits per heavy atom. The van der Waals surface area contributed by atoms with Gasteiger partial charge >= 0.3 is 0 Å². The largest absolute Gasteiger partial charge is 0.349 e. The fraction of sp³-hybridized carbons (Fsp3) is 0.222. The molecule has 1 N–H and O–H groups in total. The summed E-state index contributed by atoms with van der Waals surface area (Å²) in [6.45, 7) is 8.36. The van der Waals surface area contributed by atoms with E-state index in [1.54, 1.807) is 0 Å². The first-order valence-electron chi connectivity index (χ1n) is 10.6. The van der Waals surface area contributed by atoms with Crippen molar-refractivity contribution in [2.24, 2.45) is 5.41 Å². The van der Waals surface area contributed by atoms with Gasteiger partial charge in [0.05, 0.1) is 22.4 Å². The number of hydrogen-bond acceptors (Lipinski definition) is 3. The van der Waals surface area contributed by atoms with Crippen molar-refractivity contribution in [1.82, 2.24) is 15.3 Å². The Morgan fingerprint density at radius 2 is 1.29 bits per heavy atom. The molecule has 31 heavy (non-hydrogen) atoms.